The average molecular weight is 370 g/mol. The van der Waals surface area contributed by atoms with Crippen molar-refractivity contribution in [2.45, 2.75) is 5.75 Å². The van der Waals surface area contributed by atoms with Gasteiger partial charge in [-0.3, -0.25) is 9.52 Å². The number of benzene rings is 1. The zero-order valence-corrected chi connectivity index (χ0v) is 14.5. The lowest BCUT2D eigenvalue weighted by Crippen LogP contribution is -2.19. The van der Waals surface area contributed by atoms with Gasteiger partial charge in [-0.25, -0.2) is 18.4 Å². The first kappa shape index (κ1) is 16.3. The molecule has 3 heterocycles. The lowest BCUT2D eigenvalue weighted by molar-refractivity contribution is 0.0958. The van der Waals surface area contributed by atoms with Crippen molar-refractivity contribution in [1.29, 1.82) is 0 Å². The van der Waals surface area contributed by atoms with Crippen LogP contribution in [0, 0.1) is 0 Å². The highest BCUT2D eigenvalue weighted by molar-refractivity contribution is 7.92. The van der Waals surface area contributed by atoms with E-state index in [0.717, 1.165) is 0 Å². The second-order valence-electron chi connectivity index (χ2n) is 5.90. The minimum Gasteiger partial charge on any atom is -0.493 e. The minimum absolute atomic E-state index is 0.101. The van der Waals surface area contributed by atoms with Gasteiger partial charge in [-0.2, -0.15) is 0 Å². The zero-order valence-electron chi connectivity index (χ0n) is 13.6. The van der Waals surface area contributed by atoms with Crippen molar-refractivity contribution in [3.8, 4) is 17.0 Å². The summed E-state index contributed by atoms with van der Waals surface area (Å²) in [6.45, 7) is 0. The number of carbonyl (C=O) groups excluding carboxylic acids is 1. The molecule has 3 aromatic rings. The Morgan fingerprint density at radius 2 is 2.08 bits per heavy atom. The minimum atomic E-state index is -3.35. The van der Waals surface area contributed by atoms with Crippen molar-refractivity contribution < 1.29 is 18.3 Å². The quantitative estimate of drug-likeness (QED) is 0.630. The van der Waals surface area contributed by atoms with Gasteiger partial charge in [0.2, 0.25) is 15.9 Å². The van der Waals surface area contributed by atoms with Gasteiger partial charge in [0.05, 0.1) is 22.3 Å². The van der Waals surface area contributed by atoms with E-state index < -0.39 is 10.0 Å². The molecule has 1 aromatic carbocycles. The summed E-state index contributed by atoms with van der Waals surface area (Å²) in [5, 5.41) is 12.9. The van der Waals surface area contributed by atoms with Crippen molar-refractivity contribution >= 4 is 32.5 Å². The van der Waals surface area contributed by atoms with Crippen molar-refractivity contribution in [3.63, 3.8) is 0 Å². The number of aromatic nitrogens is 2. The van der Waals surface area contributed by atoms with Crippen LogP contribution in [0.2, 0.25) is 0 Å². The number of carbonyl (C=O) groups is 1. The van der Waals surface area contributed by atoms with Crippen LogP contribution in [0.25, 0.3) is 22.0 Å². The first-order valence-corrected chi connectivity index (χ1v) is 9.38. The molecule has 2 aromatic heterocycles. The van der Waals surface area contributed by atoms with Crippen LogP contribution in [0.1, 0.15) is 16.1 Å². The first-order valence-electron chi connectivity index (χ1n) is 7.72. The van der Waals surface area contributed by atoms with E-state index in [0.29, 0.717) is 33.3 Å². The number of hydrogen-bond acceptors (Lipinski definition) is 6. The number of aromatic hydroxyl groups is 1. The number of anilines is 1. The summed E-state index contributed by atoms with van der Waals surface area (Å²) in [5.41, 5.74) is 3.09. The van der Waals surface area contributed by atoms with Crippen LogP contribution in [0.3, 0.4) is 0 Å². The Morgan fingerprint density at radius 3 is 2.85 bits per heavy atom. The highest BCUT2D eigenvalue weighted by atomic mass is 32.2. The van der Waals surface area contributed by atoms with E-state index in [1.165, 1.54) is 19.3 Å². The van der Waals surface area contributed by atoms with Gasteiger partial charge in [0.15, 0.2) is 0 Å². The number of nitrogens with zero attached hydrogens (tertiary/aromatic N) is 2. The average Bonchev–Trinajstić information content (AvgIpc) is 2.94. The van der Waals surface area contributed by atoms with Crippen LogP contribution < -0.4 is 10.0 Å². The van der Waals surface area contributed by atoms with Gasteiger partial charge >= 0.3 is 0 Å². The van der Waals surface area contributed by atoms with Crippen molar-refractivity contribution in [2.75, 3.05) is 11.8 Å². The molecule has 3 N–H and O–H groups in total. The van der Waals surface area contributed by atoms with Crippen molar-refractivity contribution in [2.24, 2.45) is 0 Å². The normalized spacial score (nSPS) is 14.7. The first-order chi connectivity index (χ1) is 12.4. The molecule has 0 aliphatic carbocycles. The lowest BCUT2D eigenvalue weighted by atomic mass is 10.0. The van der Waals surface area contributed by atoms with Crippen LogP contribution in [-0.4, -0.2) is 36.4 Å². The lowest BCUT2D eigenvalue weighted by Gasteiger charge is -2.09. The second kappa shape index (κ2) is 5.67. The van der Waals surface area contributed by atoms with Gasteiger partial charge in [0.1, 0.15) is 5.69 Å². The number of rotatable bonds is 2. The van der Waals surface area contributed by atoms with E-state index >= 15 is 0 Å². The zero-order chi connectivity index (χ0) is 18.5. The van der Waals surface area contributed by atoms with Crippen LogP contribution in [-0.2, 0) is 15.8 Å². The molecule has 1 amide bonds. The monoisotopic (exact) mass is 370 g/mol. The maximum atomic E-state index is 11.9. The topological polar surface area (TPSA) is 121 Å². The number of pyridine rings is 2. The molecule has 4 rings (SSSR count). The van der Waals surface area contributed by atoms with E-state index in [1.54, 1.807) is 24.3 Å². The van der Waals surface area contributed by atoms with E-state index in [9.17, 15) is 18.3 Å². The van der Waals surface area contributed by atoms with Gasteiger partial charge in [-0.1, -0.05) is 6.07 Å². The van der Waals surface area contributed by atoms with Crippen LogP contribution in [0.15, 0.2) is 36.5 Å². The number of sulfonamides is 1. The highest BCUT2D eigenvalue weighted by Crippen LogP contribution is 2.35. The smallest absolute Gasteiger partial charge is 0.269 e. The third kappa shape index (κ3) is 2.62. The third-order valence-electron chi connectivity index (χ3n) is 4.19. The second-order valence-corrected chi connectivity index (χ2v) is 7.62. The van der Waals surface area contributed by atoms with E-state index in [4.69, 9.17) is 0 Å². The Balaban J connectivity index is 1.92. The summed E-state index contributed by atoms with van der Waals surface area (Å²) in [5.74, 6) is -0.639. The van der Waals surface area contributed by atoms with Crippen LogP contribution in [0.4, 0.5) is 5.69 Å². The molecule has 0 radical (unpaired) electrons. The van der Waals surface area contributed by atoms with Gasteiger partial charge in [-0.15, -0.1) is 0 Å². The van der Waals surface area contributed by atoms with E-state index in [2.05, 4.69) is 20.0 Å². The van der Waals surface area contributed by atoms with Crippen molar-refractivity contribution in [1.82, 2.24) is 15.3 Å². The molecule has 26 heavy (non-hydrogen) atoms. The molecule has 0 spiro atoms. The fraction of sp³-hybridized carbons (Fsp3) is 0.118. The summed E-state index contributed by atoms with van der Waals surface area (Å²) < 4.78 is 25.9. The Morgan fingerprint density at radius 1 is 1.27 bits per heavy atom. The molecule has 0 fully saturated rings. The van der Waals surface area contributed by atoms with Crippen LogP contribution >= 0.6 is 0 Å². The van der Waals surface area contributed by atoms with Gasteiger partial charge in [0, 0.05) is 18.8 Å². The number of fused-ring (bicyclic) bond motifs is 2. The summed E-state index contributed by atoms with van der Waals surface area (Å²) in [6, 6.07) is 8.25. The predicted octanol–water partition coefficient (Wildman–Crippen LogP) is 1.62. The largest absolute Gasteiger partial charge is 0.493 e. The predicted molar refractivity (Wildman–Crippen MR) is 96.3 cm³/mol. The van der Waals surface area contributed by atoms with Gasteiger partial charge in [-0.05, 0) is 35.4 Å². The molecular formula is C17H14N4O4S. The third-order valence-corrected chi connectivity index (χ3v) is 5.42. The molecule has 8 nitrogen and oxygen atoms in total. The summed E-state index contributed by atoms with van der Waals surface area (Å²) in [4.78, 5) is 20.2. The Bertz CT molecular complexity index is 1170. The van der Waals surface area contributed by atoms with Gasteiger partial charge < -0.3 is 10.4 Å². The molecule has 0 saturated heterocycles. The van der Waals surface area contributed by atoms with Crippen molar-refractivity contribution in [3.05, 3.63) is 47.8 Å². The SMILES string of the molecule is CNC(=O)c1ccc2c(O)ncc(-c3ccc4c(c3)CS(=O)(=O)N4)c2n1. The standard InChI is InChI=1S/C17H14N4O4S/c1-18-17(23)14-5-3-11-15(20-14)12(7-19-16(11)22)9-2-4-13-10(6-9)8-26(24,25)21-13/h2-7,21H,8H2,1H3,(H,18,23)(H,19,22). The summed E-state index contributed by atoms with van der Waals surface area (Å²) in [6.07, 6.45) is 1.46. The summed E-state index contributed by atoms with van der Waals surface area (Å²) >= 11 is 0. The Kier molecular flexibility index (Phi) is 3.55. The number of hydrogen-bond donors (Lipinski definition) is 3. The summed E-state index contributed by atoms with van der Waals surface area (Å²) in [7, 11) is -1.84. The number of amides is 1. The Labute approximate surface area is 149 Å². The van der Waals surface area contributed by atoms with E-state index in [-0.39, 0.29) is 23.2 Å². The highest BCUT2D eigenvalue weighted by Gasteiger charge is 2.24. The Hall–Kier alpha value is -3.20. The molecule has 1 aliphatic rings. The fourth-order valence-electron chi connectivity index (χ4n) is 2.96. The molecule has 0 bridgehead atoms. The molecular weight excluding hydrogens is 356 g/mol. The molecule has 0 unspecified atom stereocenters. The molecule has 0 saturated carbocycles. The van der Waals surface area contributed by atoms with E-state index in [1.807, 2.05) is 0 Å². The molecule has 1 aliphatic heterocycles. The fourth-order valence-corrected chi connectivity index (χ4v) is 4.21. The molecule has 132 valence electrons. The van der Waals surface area contributed by atoms with Gasteiger partial charge in [0.25, 0.3) is 5.91 Å². The maximum Gasteiger partial charge on any atom is 0.269 e. The van der Waals surface area contributed by atoms with Crippen LogP contribution in [0.5, 0.6) is 5.88 Å². The number of nitrogens with one attached hydrogen (secondary N) is 2. The molecule has 0 atom stereocenters. The molecule has 9 heteroatoms. The maximum absolute atomic E-state index is 11.9.